The standard InChI is InChI=1S/C20H23N5O2S2/c1-12-16-18(23-13(2)15-5-4-10-28-15)21-11-22-19(16)29-17(12)20(27)25-8-6-24(7-9-25)14(3)26/h4-5,10-11,13H,6-9H2,1-3H3,(H,21,22,23)/t13-/m1/s1. The van der Waals surface area contributed by atoms with E-state index >= 15 is 0 Å². The van der Waals surface area contributed by atoms with E-state index in [0.717, 1.165) is 21.6 Å². The molecule has 29 heavy (non-hydrogen) atoms. The second kappa shape index (κ2) is 8.08. The van der Waals surface area contributed by atoms with Crippen LogP contribution in [0, 0.1) is 6.92 Å². The number of amides is 2. The lowest BCUT2D eigenvalue weighted by atomic mass is 10.1. The molecule has 1 atom stereocenters. The maximum absolute atomic E-state index is 13.2. The Morgan fingerprint density at radius 2 is 1.90 bits per heavy atom. The van der Waals surface area contributed by atoms with E-state index in [9.17, 15) is 9.59 Å². The molecule has 0 bridgehead atoms. The van der Waals surface area contributed by atoms with Crippen LogP contribution in [0.15, 0.2) is 23.8 Å². The first kappa shape index (κ1) is 19.8. The molecule has 0 spiro atoms. The molecule has 3 aromatic rings. The molecule has 0 aliphatic carbocycles. The van der Waals surface area contributed by atoms with Crippen LogP contribution in [0.1, 0.15) is 40.0 Å². The number of piperazine rings is 1. The summed E-state index contributed by atoms with van der Waals surface area (Å²) < 4.78 is 0. The van der Waals surface area contributed by atoms with E-state index in [1.165, 1.54) is 16.2 Å². The van der Waals surface area contributed by atoms with Gasteiger partial charge >= 0.3 is 0 Å². The molecular formula is C20H23N5O2S2. The van der Waals surface area contributed by atoms with Crippen LogP contribution in [-0.4, -0.2) is 57.8 Å². The minimum atomic E-state index is 0.00552. The summed E-state index contributed by atoms with van der Waals surface area (Å²) in [7, 11) is 0. The average molecular weight is 430 g/mol. The summed E-state index contributed by atoms with van der Waals surface area (Å²) >= 11 is 3.11. The number of anilines is 1. The first-order chi connectivity index (χ1) is 14.0. The number of nitrogens with zero attached hydrogens (tertiary/aromatic N) is 4. The zero-order valence-electron chi connectivity index (χ0n) is 16.6. The first-order valence-corrected chi connectivity index (χ1v) is 11.2. The molecule has 7 nitrogen and oxygen atoms in total. The van der Waals surface area contributed by atoms with Crippen molar-refractivity contribution in [3.05, 3.63) is 39.2 Å². The van der Waals surface area contributed by atoms with Gasteiger partial charge in [0, 0.05) is 38.0 Å². The molecule has 4 heterocycles. The van der Waals surface area contributed by atoms with E-state index in [1.807, 2.05) is 17.9 Å². The molecule has 2 amide bonds. The molecule has 152 valence electrons. The highest BCUT2D eigenvalue weighted by molar-refractivity contribution is 7.20. The summed E-state index contributed by atoms with van der Waals surface area (Å²) in [6, 6.07) is 4.24. The van der Waals surface area contributed by atoms with Gasteiger partial charge in [-0.2, -0.15) is 0 Å². The number of rotatable bonds is 4. The minimum Gasteiger partial charge on any atom is -0.362 e. The van der Waals surface area contributed by atoms with Crippen molar-refractivity contribution in [2.24, 2.45) is 0 Å². The Balaban J connectivity index is 1.59. The zero-order chi connectivity index (χ0) is 20.5. The highest BCUT2D eigenvalue weighted by atomic mass is 32.1. The van der Waals surface area contributed by atoms with Crippen molar-refractivity contribution >= 4 is 50.5 Å². The summed E-state index contributed by atoms with van der Waals surface area (Å²) in [5.41, 5.74) is 0.908. The van der Waals surface area contributed by atoms with Gasteiger partial charge in [0.15, 0.2) is 0 Å². The van der Waals surface area contributed by atoms with E-state index in [0.29, 0.717) is 31.1 Å². The lowest BCUT2D eigenvalue weighted by Crippen LogP contribution is -2.50. The second-order valence-corrected chi connectivity index (χ2v) is 9.12. The molecule has 1 saturated heterocycles. The van der Waals surface area contributed by atoms with Crippen LogP contribution in [0.2, 0.25) is 0 Å². The van der Waals surface area contributed by atoms with Crippen molar-refractivity contribution in [1.29, 1.82) is 0 Å². The molecule has 0 radical (unpaired) electrons. The molecular weight excluding hydrogens is 406 g/mol. The molecule has 3 aromatic heterocycles. The molecule has 1 aliphatic rings. The quantitative estimate of drug-likeness (QED) is 0.686. The molecule has 0 aromatic carbocycles. The van der Waals surface area contributed by atoms with Crippen LogP contribution in [0.5, 0.6) is 0 Å². The van der Waals surface area contributed by atoms with Gasteiger partial charge in [-0.3, -0.25) is 9.59 Å². The smallest absolute Gasteiger partial charge is 0.264 e. The summed E-state index contributed by atoms with van der Waals surface area (Å²) in [4.78, 5) is 39.9. The number of carbonyl (C=O) groups excluding carboxylic acids is 2. The van der Waals surface area contributed by atoms with Gasteiger partial charge < -0.3 is 15.1 Å². The van der Waals surface area contributed by atoms with Gasteiger partial charge in [0.05, 0.1) is 16.3 Å². The Kier molecular flexibility index (Phi) is 5.51. The number of hydrogen-bond acceptors (Lipinski definition) is 7. The van der Waals surface area contributed by atoms with Crippen molar-refractivity contribution < 1.29 is 9.59 Å². The van der Waals surface area contributed by atoms with Gasteiger partial charge in [0.25, 0.3) is 5.91 Å². The van der Waals surface area contributed by atoms with Crippen LogP contribution in [0.4, 0.5) is 5.82 Å². The Morgan fingerprint density at radius 3 is 2.55 bits per heavy atom. The molecule has 0 saturated carbocycles. The third-order valence-electron chi connectivity index (χ3n) is 5.26. The van der Waals surface area contributed by atoms with Crippen molar-refractivity contribution in [3.63, 3.8) is 0 Å². The van der Waals surface area contributed by atoms with E-state index in [1.54, 1.807) is 29.5 Å². The number of fused-ring (bicyclic) bond motifs is 1. The third kappa shape index (κ3) is 3.84. The van der Waals surface area contributed by atoms with Crippen molar-refractivity contribution in [2.45, 2.75) is 26.8 Å². The van der Waals surface area contributed by atoms with Crippen LogP contribution in [-0.2, 0) is 4.79 Å². The normalized spacial score (nSPS) is 15.6. The SMILES string of the molecule is CC(=O)N1CCN(C(=O)c2sc3ncnc(N[C@H](C)c4cccs4)c3c2C)CC1. The summed E-state index contributed by atoms with van der Waals surface area (Å²) in [5, 5.41) is 6.44. The van der Waals surface area contributed by atoms with Gasteiger partial charge in [-0.25, -0.2) is 9.97 Å². The lowest BCUT2D eigenvalue weighted by molar-refractivity contribution is -0.130. The number of hydrogen-bond donors (Lipinski definition) is 1. The highest BCUT2D eigenvalue weighted by Crippen LogP contribution is 2.35. The maximum Gasteiger partial charge on any atom is 0.264 e. The average Bonchev–Trinajstić information content (AvgIpc) is 3.36. The van der Waals surface area contributed by atoms with Crippen LogP contribution >= 0.6 is 22.7 Å². The van der Waals surface area contributed by atoms with Gasteiger partial charge in [-0.1, -0.05) is 6.07 Å². The van der Waals surface area contributed by atoms with Crippen molar-refractivity contribution in [3.8, 4) is 0 Å². The fraction of sp³-hybridized carbons (Fsp3) is 0.400. The third-order valence-corrected chi connectivity index (χ3v) is 7.50. The highest BCUT2D eigenvalue weighted by Gasteiger charge is 2.27. The predicted molar refractivity (Wildman–Crippen MR) is 117 cm³/mol. The lowest BCUT2D eigenvalue weighted by Gasteiger charge is -2.34. The second-order valence-electron chi connectivity index (χ2n) is 7.14. The first-order valence-electron chi connectivity index (χ1n) is 9.54. The van der Waals surface area contributed by atoms with E-state index in [4.69, 9.17) is 0 Å². The van der Waals surface area contributed by atoms with Crippen LogP contribution in [0.3, 0.4) is 0 Å². The number of aryl methyl sites for hydroxylation is 1. The van der Waals surface area contributed by atoms with E-state index in [-0.39, 0.29) is 17.9 Å². The Morgan fingerprint density at radius 1 is 1.17 bits per heavy atom. The predicted octanol–water partition coefficient (Wildman–Crippen LogP) is 3.54. The number of nitrogens with one attached hydrogen (secondary N) is 1. The fourth-order valence-electron chi connectivity index (χ4n) is 3.57. The van der Waals surface area contributed by atoms with E-state index in [2.05, 4.69) is 33.7 Å². The molecule has 9 heteroatoms. The molecule has 1 fully saturated rings. The topological polar surface area (TPSA) is 78.4 Å². The van der Waals surface area contributed by atoms with E-state index < -0.39 is 0 Å². The van der Waals surface area contributed by atoms with Crippen LogP contribution in [0.25, 0.3) is 10.2 Å². The molecule has 0 unspecified atom stereocenters. The van der Waals surface area contributed by atoms with Crippen LogP contribution < -0.4 is 5.32 Å². The van der Waals surface area contributed by atoms with Crippen molar-refractivity contribution in [2.75, 3.05) is 31.5 Å². The Bertz CT molecular complexity index is 1040. The summed E-state index contributed by atoms with van der Waals surface area (Å²) in [6.45, 7) is 7.89. The summed E-state index contributed by atoms with van der Waals surface area (Å²) in [5.74, 6) is 0.817. The Labute approximate surface area is 177 Å². The molecule has 4 rings (SSSR count). The number of carbonyl (C=O) groups is 2. The largest absolute Gasteiger partial charge is 0.362 e. The number of aromatic nitrogens is 2. The molecule has 1 N–H and O–H groups in total. The fourth-order valence-corrected chi connectivity index (χ4v) is 5.42. The van der Waals surface area contributed by atoms with Gasteiger partial charge in [0.2, 0.25) is 5.91 Å². The summed E-state index contributed by atoms with van der Waals surface area (Å²) in [6.07, 6.45) is 1.54. The van der Waals surface area contributed by atoms with Gasteiger partial charge in [-0.05, 0) is 30.9 Å². The molecule has 1 aliphatic heterocycles. The van der Waals surface area contributed by atoms with Gasteiger partial charge in [0.1, 0.15) is 17.0 Å². The van der Waals surface area contributed by atoms with Gasteiger partial charge in [-0.15, -0.1) is 22.7 Å². The van der Waals surface area contributed by atoms with Crippen molar-refractivity contribution in [1.82, 2.24) is 19.8 Å². The zero-order valence-corrected chi connectivity index (χ0v) is 18.3. The Hall–Kier alpha value is -2.52. The monoisotopic (exact) mass is 429 g/mol. The minimum absolute atomic E-state index is 0.00552. The number of thiophene rings is 2. The maximum atomic E-state index is 13.2.